The van der Waals surface area contributed by atoms with Gasteiger partial charge in [-0.1, -0.05) is 36.7 Å². The summed E-state index contributed by atoms with van der Waals surface area (Å²) in [5, 5.41) is 3.91. The summed E-state index contributed by atoms with van der Waals surface area (Å²) >= 11 is 3.01. The van der Waals surface area contributed by atoms with Crippen LogP contribution in [0, 0.1) is 5.82 Å². The Balaban J connectivity index is 1.50. The molecule has 0 spiro atoms. The highest BCUT2D eigenvalue weighted by molar-refractivity contribution is 8.00. The number of hydrogen-bond donors (Lipinski definition) is 1. The summed E-state index contributed by atoms with van der Waals surface area (Å²) in [5.74, 6) is 0.162. The topological polar surface area (TPSA) is 54.9 Å². The normalized spacial score (nSPS) is 14.8. The largest absolute Gasteiger partial charge is 0.353 e. The van der Waals surface area contributed by atoms with E-state index in [0.717, 1.165) is 38.5 Å². The number of nitrogens with zero attached hydrogens (tertiary/aromatic N) is 2. The van der Waals surface area contributed by atoms with Crippen LogP contribution in [0.2, 0.25) is 0 Å². The van der Waals surface area contributed by atoms with E-state index in [1.165, 1.54) is 43.1 Å². The molecule has 3 aromatic rings. The Kier molecular flexibility index (Phi) is 5.17. The van der Waals surface area contributed by atoms with Gasteiger partial charge in [0.15, 0.2) is 0 Å². The van der Waals surface area contributed by atoms with E-state index in [1.807, 2.05) is 6.07 Å². The molecule has 26 heavy (non-hydrogen) atoms. The molecule has 1 N–H and O–H groups in total. The second-order valence-electron chi connectivity index (χ2n) is 6.35. The summed E-state index contributed by atoms with van der Waals surface area (Å²) < 4.78 is 14.1. The number of amides is 1. The lowest BCUT2D eigenvalue weighted by atomic mass is 10.2. The molecule has 7 heteroatoms. The fourth-order valence-electron chi connectivity index (χ4n) is 3.17. The lowest BCUT2D eigenvalue weighted by Gasteiger charge is -2.11. The highest BCUT2D eigenvalue weighted by Gasteiger charge is 2.18. The fourth-order valence-corrected chi connectivity index (χ4v) is 5.18. The zero-order chi connectivity index (χ0) is 17.9. The molecule has 0 aliphatic heterocycles. The molecule has 1 amide bonds. The number of aromatic nitrogens is 2. The van der Waals surface area contributed by atoms with E-state index in [2.05, 4.69) is 15.3 Å². The quantitative estimate of drug-likeness (QED) is 0.511. The van der Waals surface area contributed by atoms with E-state index < -0.39 is 0 Å². The first kappa shape index (κ1) is 17.4. The van der Waals surface area contributed by atoms with Gasteiger partial charge in [-0.05, 0) is 36.6 Å². The van der Waals surface area contributed by atoms with Crippen LogP contribution in [-0.4, -0.2) is 27.7 Å². The molecule has 4 rings (SSSR count). The standard InChI is InChI=1S/C19H18FN3OS2/c20-13-7-5-12(6-8-13)16-9-15-18(26-16)19(22-11-21-15)25-10-17(24)23-14-3-1-2-4-14/h5-9,11,14H,1-4,10H2,(H,23,24). The number of rotatable bonds is 5. The van der Waals surface area contributed by atoms with Gasteiger partial charge in [-0.25, -0.2) is 14.4 Å². The van der Waals surface area contributed by atoms with Crippen molar-refractivity contribution in [1.29, 1.82) is 0 Å². The molecule has 0 atom stereocenters. The lowest BCUT2D eigenvalue weighted by Crippen LogP contribution is -2.33. The Labute approximate surface area is 159 Å². The number of benzene rings is 1. The van der Waals surface area contributed by atoms with Crippen molar-refractivity contribution in [2.75, 3.05) is 5.75 Å². The molecule has 1 aromatic carbocycles. The smallest absolute Gasteiger partial charge is 0.230 e. The number of fused-ring (bicyclic) bond motifs is 1. The van der Waals surface area contributed by atoms with E-state index >= 15 is 0 Å². The molecule has 4 nitrogen and oxygen atoms in total. The minimum Gasteiger partial charge on any atom is -0.353 e. The fraction of sp³-hybridized carbons (Fsp3) is 0.316. The lowest BCUT2D eigenvalue weighted by molar-refractivity contribution is -0.119. The van der Waals surface area contributed by atoms with Crippen LogP contribution in [0.25, 0.3) is 20.7 Å². The SMILES string of the molecule is O=C(CSc1ncnc2cc(-c3ccc(F)cc3)sc12)NC1CCCC1. The average Bonchev–Trinajstić information content (AvgIpc) is 3.30. The highest BCUT2D eigenvalue weighted by atomic mass is 32.2. The molecule has 1 saturated carbocycles. The van der Waals surface area contributed by atoms with Gasteiger partial charge in [0.1, 0.15) is 17.2 Å². The predicted molar refractivity (Wildman–Crippen MR) is 104 cm³/mol. The predicted octanol–water partition coefficient (Wildman–Crippen LogP) is 4.65. The number of thioether (sulfide) groups is 1. The Morgan fingerprint density at radius 3 is 2.77 bits per heavy atom. The van der Waals surface area contributed by atoms with E-state index in [0.29, 0.717) is 11.8 Å². The first-order valence-corrected chi connectivity index (χ1v) is 10.4. The van der Waals surface area contributed by atoms with E-state index in [1.54, 1.807) is 23.5 Å². The number of carbonyl (C=O) groups is 1. The van der Waals surface area contributed by atoms with Crippen molar-refractivity contribution in [3.05, 3.63) is 42.5 Å². The van der Waals surface area contributed by atoms with Gasteiger partial charge in [0.2, 0.25) is 5.91 Å². The number of hydrogen-bond acceptors (Lipinski definition) is 5. The van der Waals surface area contributed by atoms with Gasteiger partial charge in [-0.15, -0.1) is 11.3 Å². The van der Waals surface area contributed by atoms with Crippen molar-refractivity contribution in [3.8, 4) is 10.4 Å². The molecule has 134 valence electrons. The van der Waals surface area contributed by atoms with Crippen molar-refractivity contribution >= 4 is 39.2 Å². The number of nitrogens with one attached hydrogen (secondary N) is 1. The molecule has 0 radical (unpaired) electrons. The molecule has 1 fully saturated rings. The zero-order valence-electron chi connectivity index (χ0n) is 14.1. The van der Waals surface area contributed by atoms with Gasteiger partial charge in [0.05, 0.1) is 16.0 Å². The molecule has 2 aromatic heterocycles. The molecule has 1 aliphatic rings. The van der Waals surface area contributed by atoms with Gasteiger partial charge in [-0.3, -0.25) is 4.79 Å². The summed E-state index contributed by atoms with van der Waals surface area (Å²) in [6.45, 7) is 0. The van der Waals surface area contributed by atoms with Crippen molar-refractivity contribution in [2.24, 2.45) is 0 Å². The first-order chi connectivity index (χ1) is 12.7. The average molecular weight is 388 g/mol. The second-order valence-corrected chi connectivity index (χ2v) is 8.36. The highest BCUT2D eigenvalue weighted by Crippen LogP contribution is 2.36. The maximum Gasteiger partial charge on any atom is 0.230 e. The van der Waals surface area contributed by atoms with Crippen LogP contribution >= 0.6 is 23.1 Å². The van der Waals surface area contributed by atoms with Crippen molar-refractivity contribution < 1.29 is 9.18 Å². The molecular formula is C19H18FN3OS2. The van der Waals surface area contributed by atoms with Gasteiger partial charge < -0.3 is 5.32 Å². The molecule has 0 bridgehead atoms. The molecule has 0 saturated heterocycles. The van der Waals surface area contributed by atoms with Gasteiger partial charge in [0, 0.05) is 10.9 Å². The van der Waals surface area contributed by atoms with Crippen LogP contribution in [0.15, 0.2) is 41.7 Å². The summed E-state index contributed by atoms with van der Waals surface area (Å²) in [5.41, 5.74) is 1.80. The number of halogens is 1. The molecule has 2 heterocycles. The summed E-state index contributed by atoms with van der Waals surface area (Å²) in [6, 6.07) is 8.74. The van der Waals surface area contributed by atoms with Crippen molar-refractivity contribution in [2.45, 2.75) is 36.8 Å². The van der Waals surface area contributed by atoms with Crippen LogP contribution < -0.4 is 5.32 Å². The minimum absolute atomic E-state index is 0.0592. The number of thiophene rings is 1. The van der Waals surface area contributed by atoms with Crippen LogP contribution in [0.4, 0.5) is 4.39 Å². The van der Waals surface area contributed by atoms with Crippen molar-refractivity contribution in [1.82, 2.24) is 15.3 Å². The Morgan fingerprint density at radius 1 is 1.23 bits per heavy atom. The molecular weight excluding hydrogens is 369 g/mol. The van der Waals surface area contributed by atoms with E-state index in [9.17, 15) is 9.18 Å². The maximum absolute atomic E-state index is 13.1. The summed E-state index contributed by atoms with van der Waals surface area (Å²) in [7, 11) is 0. The maximum atomic E-state index is 13.1. The first-order valence-electron chi connectivity index (χ1n) is 8.62. The Hall–Kier alpha value is -1.99. The third-order valence-electron chi connectivity index (χ3n) is 4.47. The zero-order valence-corrected chi connectivity index (χ0v) is 15.7. The molecule has 0 unspecified atom stereocenters. The third-order valence-corrected chi connectivity index (χ3v) is 6.77. The van der Waals surface area contributed by atoms with Crippen LogP contribution in [0.1, 0.15) is 25.7 Å². The minimum atomic E-state index is -0.251. The Morgan fingerprint density at radius 2 is 2.00 bits per heavy atom. The van der Waals surface area contributed by atoms with E-state index in [-0.39, 0.29) is 11.7 Å². The van der Waals surface area contributed by atoms with Gasteiger partial charge >= 0.3 is 0 Å². The second kappa shape index (κ2) is 7.72. The van der Waals surface area contributed by atoms with Gasteiger partial charge in [-0.2, -0.15) is 0 Å². The third kappa shape index (κ3) is 3.88. The number of carbonyl (C=O) groups excluding carboxylic acids is 1. The van der Waals surface area contributed by atoms with Crippen molar-refractivity contribution in [3.63, 3.8) is 0 Å². The monoisotopic (exact) mass is 387 g/mol. The van der Waals surface area contributed by atoms with Crippen LogP contribution in [0.3, 0.4) is 0 Å². The van der Waals surface area contributed by atoms with Crippen LogP contribution in [0.5, 0.6) is 0 Å². The van der Waals surface area contributed by atoms with Gasteiger partial charge in [0.25, 0.3) is 0 Å². The summed E-state index contributed by atoms with van der Waals surface area (Å²) in [6.07, 6.45) is 6.10. The summed E-state index contributed by atoms with van der Waals surface area (Å²) in [4.78, 5) is 21.9. The molecule has 1 aliphatic carbocycles. The van der Waals surface area contributed by atoms with E-state index in [4.69, 9.17) is 0 Å². The van der Waals surface area contributed by atoms with Crippen LogP contribution in [-0.2, 0) is 4.79 Å². The Bertz CT molecular complexity index is 920.